The van der Waals surface area contributed by atoms with E-state index in [0.29, 0.717) is 24.8 Å². The van der Waals surface area contributed by atoms with Crippen molar-refractivity contribution in [3.63, 3.8) is 0 Å². The van der Waals surface area contributed by atoms with E-state index in [2.05, 4.69) is 0 Å². The number of sulfonamides is 1. The lowest BCUT2D eigenvalue weighted by atomic mass is 9.78. The minimum Gasteiger partial charge on any atom is -0.342 e. The van der Waals surface area contributed by atoms with Gasteiger partial charge in [0.1, 0.15) is 0 Å². The fourth-order valence-electron chi connectivity index (χ4n) is 4.76. The van der Waals surface area contributed by atoms with Crippen LogP contribution in [-0.2, 0) is 14.8 Å². The average Bonchev–Trinajstić information content (AvgIpc) is 3.15. The lowest BCUT2D eigenvalue weighted by molar-refractivity contribution is -0.343. The minimum absolute atomic E-state index is 0.0838. The Balaban J connectivity index is 1.62. The monoisotopic (exact) mass is 532 g/mol. The van der Waals surface area contributed by atoms with Gasteiger partial charge in [-0.3, -0.25) is 4.79 Å². The third kappa shape index (κ3) is 5.30. The van der Waals surface area contributed by atoms with E-state index in [0.717, 1.165) is 10.5 Å². The van der Waals surface area contributed by atoms with E-state index < -0.39 is 52.2 Å². The summed E-state index contributed by atoms with van der Waals surface area (Å²) < 4.78 is 118. The van der Waals surface area contributed by atoms with Crippen LogP contribution in [0.2, 0.25) is 0 Å². The number of aryl methyl sites for hydroxylation is 2. The topological polar surface area (TPSA) is 57.7 Å². The summed E-state index contributed by atoms with van der Waals surface area (Å²) in [6, 6.07) is 5.12. The molecule has 0 atom stereocenters. The maximum absolute atomic E-state index is 13.9. The van der Waals surface area contributed by atoms with Crippen LogP contribution in [0, 0.1) is 19.3 Å². The van der Waals surface area contributed by atoms with Gasteiger partial charge in [-0.25, -0.2) is 12.8 Å². The zero-order valence-corrected chi connectivity index (χ0v) is 20.1. The highest BCUT2D eigenvalue weighted by Crippen LogP contribution is 2.49. The van der Waals surface area contributed by atoms with Crippen LogP contribution >= 0.6 is 0 Å². The maximum Gasteiger partial charge on any atom is 0.431 e. The molecular weight excluding hydrogens is 505 g/mol. The summed E-state index contributed by atoms with van der Waals surface area (Å²) in [7, 11) is -3.75. The number of carbonyl (C=O) groups is 1. The maximum atomic E-state index is 13.9. The van der Waals surface area contributed by atoms with Crippen LogP contribution in [0.5, 0.6) is 0 Å². The molecule has 2 heterocycles. The van der Waals surface area contributed by atoms with Crippen molar-refractivity contribution in [3.05, 3.63) is 29.3 Å². The Labute approximate surface area is 199 Å². The molecule has 5 nitrogen and oxygen atoms in total. The van der Waals surface area contributed by atoms with Crippen molar-refractivity contribution in [1.29, 1.82) is 0 Å². The zero-order chi connectivity index (χ0) is 26.4. The summed E-state index contributed by atoms with van der Waals surface area (Å²) in [5.41, 5.74) is -4.54. The molecule has 1 aromatic rings. The first-order chi connectivity index (χ1) is 15.9. The van der Waals surface area contributed by atoms with E-state index in [1.54, 1.807) is 32.0 Å². The number of hydrogen-bond donors (Lipinski definition) is 0. The highest BCUT2D eigenvalue weighted by atomic mass is 32.2. The lowest BCUT2D eigenvalue weighted by Gasteiger charge is -2.38. The Morgan fingerprint density at radius 2 is 1.49 bits per heavy atom. The van der Waals surface area contributed by atoms with Gasteiger partial charge in [0.05, 0.1) is 4.90 Å². The number of benzene rings is 1. The summed E-state index contributed by atoms with van der Waals surface area (Å²) in [5, 5.41) is 0. The van der Waals surface area contributed by atoms with Crippen molar-refractivity contribution in [3.8, 4) is 0 Å². The van der Waals surface area contributed by atoms with Crippen molar-refractivity contribution in [2.75, 3.05) is 26.2 Å². The molecule has 0 N–H and O–H groups in total. The zero-order valence-electron chi connectivity index (χ0n) is 19.3. The summed E-state index contributed by atoms with van der Waals surface area (Å²) in [6.45, 7) is 4.02. The molecule has 0 saturated carbocycles. The second kappa shape index (κ2) is 9.20. The van der Waals surface area contributed by atoms with Gasteiger partial charge in [-0.15, -0.1) is 0 Å². The number of rotatable bonds is 5. The summed E-state index contributed by atoms with van der Waals surface area (Å²) in [4.78, 5) is 13.7. The molecule has 0 aromatic heterocycles. The van der Waals surface area contributed by atoms with Gasteiger partial charge >= 0.3 is 12.4 Å². The molecule has 13 heteroatoms. The Morgan fingerprint density at radius 1 is 0.943 bits per heavy atom. The summed E-state index contributed by atoms with van der Waals surface area (Å²) >= 11 is 0. The molecule has 0 aliphatic carbocycles. The summed E-state index contributed by atoms with van der Waals surface area (Å²) in [5.74, 6) is -0.983. The quantitative estimate of drug-likeness (QED) is 0.506. The second-order valence-electron chi connectivity index (χ2n) is 9.54. The van der Waals surface area contributed by atoms with E-state index in [1.165, 1.54) is 4.31 Å². The highest BCUT2D eigenvalue weighted by Gasteiger charge is 2.72. The molecule has 2 saturated heterocycles. The van der Waals surface area contributed by atoms with Crippen molar-refractivity contribution < 1.29 is 43.9 Å². The highest BCUT2D eigenvalue weighted by molar-refractivity contribution is 7.89. The SMILES string of the molecule is Cc1ccc(C)c(S(=O)(=O)N2CCC3(CCN(C(=O)CCC(F)(C(F)(F)F)C(F)(F)F)C3)CC2)c1. The normalized spacial score (nSPS) is 20.0. The molecule has 3 rings (SSSR count). The summed E-state index contributed by atoms with van der Waals surface area (Å²) in [6.07, 6.45) is -14.4. The fraction of sp³-hybridized carbons (Fsp3) is 0.682. The largest absolute Gasteiger partial charge is 0.431 e. The van der Waals surface area contributed by atoms with Crippen molar-refractivity contribution in [2.45, 2.75) is 68.9 Å². The van der Waals surface area contributed by atoms with E-state index in [9.17, 15) is 43.9 Å². The van der Waals surface area contributed by atoms with E-state index in [-0.39, 0.29) is 31.1 Å². The molecule has 2 aliphatic rings. The van der Waals surface area contributed by atoms with Gasteiger partial charge in [0.25, 0.3) is 5.67 Å². The van der Waals surface area contributed by atoms with E-state index in [1.807, 2.05) is 0 Å². The van der Waals surface area contributed by atoms with Gasteiger partial charge in [0, 0.05) is 39.0 Å². The first kappa shape index (κ1) is 27.7. The smallest absolute Gasteiger partial charge is 0.342 e. The van der Waals surface area contributed by atoms with Gasteiger partial charge in [-0.05, 0) is 55.7 Å². The van der Waals surface area contributed by atoms with Crippen LogP contribution in [0.1, 0.15) is 43.2 Å². The number of carbonyl (C=O) groups excluding carboxylic acids is 1. The lowest BCUT2D eigenvalue weighted by Crippen LogP contribution is -2.53. The number of alkyl halides is 7. The first-order valence-electron chi connectivity index (χ1n) is 11.1. The van der Waals surface area contributed by atoms with Crippen LogP contribution in [0.25, 0.3) is 0 Å². The molecule has 1 amide bonds. The minimum atomic E-state index is -6.19. The molecule has 1 aromatic carbocycles. The third-order valence-electron chi connectivity index (χ3n) is 7.12. The molecule has 198 valence electrons. The molecule has 0 unspecified atom stereocenters. The fourth-order valence-corrected chi connectivity index (χ4v) is 6.51. The second-order valence-corrected chi connectivity index (χ2v) is 11.4. The van der Waals surface area contributed by atoms with E-state index >= 15 is 0 Å². The molecule has 35 heavy (non-hydrogen) atoms. The third-order valence-corrected chi connectivity index (χ3v) is 9.16. The number of amides is 1. The van der Waals surface area contributed by atoms with Crippen LogP contribution in [0.15, 0.2) is 23.1 Å². The van der Waals surface area contributed by atoms with Crippen LogP contribution in [0.3, 0.4) is 0 Å². The Morgan fingerprint density at radius 3 is 2.03 bits per heavy atom. The number of hydrogen-bond acceptors (Lipinski definition) is 3. The molecule has 1 spiro atoms. The van der Waals surface area contributed by atoms with Gasteiger partial charge in [-0.2, -0.15) is 30.6 Å². The first-order valence-corrected chi connectivity index (χ1v) is 12.5. The van der Waals surface area contributed by atoms with Gasteiger partial charge < -0.3 is 4.90 Å². The van der Waals surface area contributed by atoms with Crippen LogP contribution in [-0.4, -0.2) is 67.7 Å². The number of halogens is 7. The van der Waals surface area contributed by atoms with Crippen molar-refractivity contribution in [1.82, 2.24) is 9.21 Å². The van der Waals surface area contributed by atoms with Crippen LogP contribution in [0.4, 0.5) is 30.7 Å². The van der Waals surface area contributed by atoms with Crippen molar-refractivity contribution in [2.24, 2.45) is 5.41 Å². The standard InChI is InChI=1S/C22H27F7N2O3S/c1-15-3-4-16(2)17(13-15)35(33,34)31-11-8-19(9-12-31)7-10-30(14-19)18(32)5-6-20(23,21(24,25)26)22(27,28)29/h3-4,13H,5-12,14H2,1-2H3. The molecule has 0 bridgehead atoms. The average molecular weight is 533 g/mol. The molecular formula is C22H27F7N2O3S. The predicted molar refractivity (Wildman–Crippen MR) is 113 cm³/mol. The molecule has 2 fully saturated rings. The Hall–Kier alpha value is -1.89. The van der Waals surface area contributed by atoms with Gasteiger partial charge in [0.2, 0.25) is 15.9 Å². The molecule has 0 radical (unpaired) electrons. The van der Waals surface area contributed by atoms with Crippen molar-refractivity contribution >= 4 is 15.9 Å². The van der Waals surface area contributed by atoms with E-state index in [4.69, 9.17) is 0 Å². The molecule has 2 aliphatic heterocycles. The van der Waals surface area contributed by atoms with Gasteiger partial charge in [0.15, 0.2) is 0 Å². The van der Waals surface area contributed by atoms with Crippen LogP contribution < -0.4 is 0 Å². The number of likely N-dealkylation sites (tertiary alicyclic amines) is 1. The Kier molecular flexibility index (Phi) is 7.28. The number of nitrogens with zero attached hydrogens (tertiary/aromatic N) is 2. The number of piperidine rings is 1. The predicted octanol–water partition coefficient (Wildman–Crippen LogP) is 4.92. The Bertz CT molecular complexity index is 1050. The van der Waals surface area contributed by atoms with Gasteiger partial charge in [-0.1, -0.05) is 12.1 Å².